The molecule has 1 aromatic rings. The Hall–Kier alpha value is -1.15. The molecule has 1 aliphatic heterocycles. The van der Waals surface area contributed by atoms with Gasteiger partial charge in [0.2, 0.25) is 0 Å². The number of carbonyl (C=O) groups excluding carboxylic acids is 1. The summed E-state index contributed by atoms with van der Waals surface area (Å²) < 4.78 is 5.78. The second-order valence-corrected chi connectivity index (χ2v) is 5.07. The van der Waals surface area contributed by atoms with Crippen molar-refractivity contribution in [2.75, 3.05) is 6.61 Å². The van der Waals surface area contributed by atoms with Crippen LogP contribution in [0.25, 0.3) is 0 Å². The molecule has 0 aromatic heterocycles. The van der Waals surface area contributed by atoms with Crippen LogP contribution < -0.4 is 0 Å². The van der Waals surface area contributed by atoms with Gasteiger partial charge in [-0.25, -0.2) is 0 Å². The van der Waals surface area contributed by atoms with Crippen LogP contribution in [0.4, 0.5) is 0 Å². The van der Waals surface area contributed by atoms with Crippen LogP contribution in [0.2, 0.25) is 0 Å². The van der Waals surface area contributed by atoms with E-state index in [0.29, 0.717) is 6.61 Å². The molecule has 0 aliphatic carbocycles. The zero-order valence-corrected chi connectivity index (χ0v) is 10.6. The monoisotopic (exact) mass is 232 g/mol. The van der Waals surface area contributed by atoms with Crippen LogP contribution in [-0.4, -0.2) is 18.0 Å². The van der Waals surface area contributed by atoms with Crippen molar-refractivity contribution in [1.82, 2.24) is 0 Å². The topological polar surface area (TPSA) is 26.3 Å². The quantitative estimate of drug-likeness (QED) is 0.746. The number of rotatable bonds is 3. The molecule has 2 unspecified atom stereocenters. The standard InChI is InChI=1S/C15H20O2/c1-3-15(2)11-13(9-10-17-15)14(16)12-7-5-4-6-8-12/h4-8,13H,3,9-11H2,1-2H3. The van der Waals surface area contributed by atoms with E-state index in [1.54, 1.807) is 0 Å². The Bertz CT molecular complexity index is 385. The number of hydrogen-bond acceptors (Lipinski definition) is 2. The van der Waals surface area contributed by atoms with E-state index in [0.717, 1.165) is 24.8 Å². The zero-order valence-electron chi connectivity index (χ0n) is 10.6. The van der Waals surface area contributed by atoms with Crippen LogP contribution in [0.3, 0.4) is 0 Å². The Morgan fingerprint density at radius 2 is 2.12 bits per heavy atom. The first-order chi connectivity index (χ1) is 8.14. The van der Waals surface area contributed by atoms with E-state index in [2.05, 4.69) is 13.8 Å². The number of hydrogen-bond donors (Lipinski definition) is 0. The van der Waals surface area contributed by atoms with E-state index in [1.165, 1.54) is 0 Å². The summed E-state index contributed by atoms with van der Waals surface area (Å²) in [6.45, 7) is 4.93. The SMILES string of the molecule is CCC1(C)CC(C(=O)c2ccccc2)CCO1. The van der Waals surface area contributed by atoms with Gasteiger partial charge in [0, 0.05) is 18.1 Å². The average Bonchev–Trinajstić information content (AvgIpc) is 2.39. The first kappa shape index (κ1) is 12.3. The Kier molecular flexibility index (Phi) is 3.63. The van der Waals surface area contributed by atoms with Gasteiger partial charge in [0.25, 0.3) is 0 Å². The summed E-state index contributed by atoms with van der Waals surface area (Å²) in [4.78, 5) is 12.3. The van der Waals surface area contributed by atoms with Crippen LogP contribution in [0.5, 0.6) is 0 Å². The lowest BCUT2D eigenvalue weighted by molar-refractivity contribution is -0.0810. The van der Waals surface area contributed by atoms with E-state index >= 15 is 0 Å². The lowest BCUT2D eigenvalue weighted by Gasteiger charge is -2.37. The third kappa shape index (κ3) is 2.75. The summed E-state index contributed by atoms with van der Waals surface area (Å²) in [5.74, 6) is 0.393. The molecule has 2 rings (SSSR count). The molecule has 1 heterocycles. The van der Waals surface area contributed by atoms with Crippen molar-refractivity contribution in [3.8, 4) is 0 Å². The van der Waals surface area contributed by atoms with E-state index in [4.69, 9.17) is 4.74 Å². The molecule has 2 atom stereocenters. The van der Waals surface area contributed by atoms with Gasteiger partial charge in [0.1, 0.15) is 0 Å². The van der Waals surface area contributed by atoms with Crippen molar-refractivity contribution in [1.29, 1.82) is 0 Å². The summed E-state index contributed by atoms with van der Waals surface area (Å²) in [5.41, 5.74) is 0.714. The van der Waals surface area contributed by atoms with Gasteiger partial charge in [-0.15, -0.1) is 0 Å². The van der Waals surface area contributed by atoms with Crippen molar-refractivity contribution < 1.29 is 9.53 Å². The van der Waals surface area contributed by atoms with Gasteiger partial charge in [0.05, 0.1) is 5.60 Å². The molecule has 0 spiro atoms. The molecule has 1 aliphatic rings. The highest BCUT2D eigenvalue weighted by Gasteiger charge is 2.35. The summed E-state index contributed by atoms with van der Waals surface area (Å²) in [6, 6.07) is 9.59. The average molecular weight is 232 g/mol. The summed E-state index contributed by atoms with van der Waals surface area (Å²) in [7, 11) is 0. The van der Waals surface area contributed by atoms with Crippen LogP contribution in [0.15, 0.2) is 30.3 Å². The largest absolute Gasteiger partial charge is 0.375 e. The van der Waals surface area contributed by atoms with Crippen LogP contribution in [0.1, 0.15) is 43.5 Å². The molecule has 92 valence electrons. The lowest BCUT2D eigenvalue weighted by atomic mass is 9.81. The molecule has 0 bridgehead atoms. The highest BCUT2D eigenvalue weighted by molar-refractivity contribution is 5.97. The van der Waals surface area contributed by atoms with Crippen LogP contribution in [-0.2, 0) is 4.74 Å². The maximum absolute atomic E-state index is 12.3. The van der Waals surface area contributed by atoms with Crippen molar-refractivity contribution in [2.24, 2.45) is 5.92 Å². The molecule has 2 heteroatoms. The number of Topliss-reactive ketones (excluding diaryl/α,β-unsaturated/α-hetero) is 1. The first-order valence-corrected chi connectivity index (χ1v) is 6.38. The third-order valence-corrected chi connectivity index (χ3v) is 3.77. The Balaban J connectivity index is 2.10. The first-order valence-electron chi connectivity index (χ1n) is 6.38. The highest BCUT2D eigenvalue weighted by atomic mass is 16.5. The van der Waals surface area contributed by atoms with Crippen molar-refractivity contribution >= 4 is 5.78 Å². The Morgan fingerprint density at radius 1 is 1.41 bits per heavy atom. The van der Waals surface area contributed by atoms with E-state index in [9.17, 15) is 4.79 Å². The number of ether oxygens (including phenoxy) is 1. The van der Waals surface area contributed by atoms with Crippen molar-refractivity contribution in [3.63, 3.8) is 0 Å². The molecule has 2 nitrogen and oxygen atoms in total. The van der Waals surface area contributed by atoms with Crippen molar-refractivity contribution in [3.05, 3.63) is 35.9 Å². The number of ketones is 1. The molecule has 1 aromatic carbocycles. The van der Waals surface area contributed by atoms with Crippen LogP contribution in [0, 0.1) is 5.92 Å². The second-order valence-electron chi connectivity index (χ2n) is 5.07. The van der Waals surface area contributed by atoms with Gasteiger partial charge in [0.15, 0.2) is 5.78 Å². The van der Waals surface area contributed by atoms with Crippen LogP contribution >= 0.6 is 0 Å². The molecule has 1 fully saturated rings. The zero-order chi connectivity index (χ0) is 12.3. The van der Waals surface area contributed by atoms with E-state index < -0.39 is 0 Å². The summed E-state index contributed by atoms with van der Waals surface area (Å²) in [5, 5.41) is 0. The predicted octanol–water partition coefficient (Wildman–Crippen LogP) is 3.46. The molecule has 0 amide bonds. The fourth-order valence-electron chi connectivity index (χ4n) is 2.44. The third-order valence-electron chi connectivity index (χ3n) is 3.77. The van der Waals surface area contributed by atoms with Crippen molar-refractivity contribution in [2.45, 2.75) is 38.7 Å². The molecule has 0 N–H and O–H groups in total. The maximum atomic E-state index is 12.3. The minimum Gasteiger partial charge on any atom is -0.375 e. The minimum absolute atomic E-state index is 0.118. The highest BCUT2D eigenvalue weighted by Crippen LogP contribution is 2.33. The van der Waals surface area contributed by atoms with Gasteiger partial charge in [-0.2, -0.15) is 0 Å². The number of carbonyl (C=O) groups is 1. The summed E-state index contributed by atoms with van der Waals surface area (Å²) in [6.07, 6.45) is 2.66. The lowest BCUT2D eigenvalue weighted by Crippen LogP contribution is -2.39. The molecule has 0 saturated carbocycles. The van der Waals surface area contributed by atoms with Gasteiger partial charge in [-0.3, -0.25) is 4.79 Å². The second kappa shape index (κ2) is 5.01. The number of benzene rings is 1. The fourth-order valence-corrected chi connectivity index (χ4v) is 2.44. The Labute approximate surface area is 103 Å². The molecule has 0 radical (unpaired) electrons. The minimum atomic E-state index is -0.118. The predicted molar refractivity (Wildman–Crippen MR) is 68.1 cm³/mol. The van der Waals surface area contributed by atoms with Gasteiger partial charge in [-0.1, -0.05) is 37.3 Å². The molecular weight excluding hydrogens is 212 g/mol. The smallest absolute Gasteiger partial charge is 0.166 e. The maximum Gasteiger partial charge on any atom is 0.166 e. The van der Waals surface area contributed by atoms with E-state index in [-0.39, 0.29) is 17.3 Å². The molecule has 1 saturated heterocycles. The van der Waals surface area contributed by atoms with Gasteiger partial charge < -0.3 is 4.74 Å². The Morgan fingerprint density at radius 3 is 2.76 bits per heavy atom. The summed E-state index contributed by atoms with van der Waals surface area (Å²) >= 11 is 0. The fraction of sp³-hybridized carbons (Fsp3) is 0.533. The van der Waals surface area contributed by atoms with Gasteiger partial charge in [-0.05, 0) is 26.2 Å². The van der Waals surface area contributed by atoms with E-state index in [1.807, 2.05) is 30.3 Å². The molecular formula is C15H20O2. The molecule has 17 heavy (non-hydrogen) atoms. The van der Waals surface area contributed by atoms with Gasteiger partial charge >= 0.3 is 0 Å². The normalized spacial score (nSPS) is 28.9.